The molecule has 0 aliphatic carbocycles. The average Bonchev–Trinajstić information content (AvgIpc) is 3.41. The molecule has 0 saturated carbocycles. The lowest BCUT2D eigenvalue weighted by molar-refractivity contribution is -0.167. The summed E-state index contributed by atoms with van der Waals surface area (Å²) in [5.74, 6) is -0.861. The van der Waals surface area contributed by atoms with Gasteiger partial charge in [-0.1, -0.05) is 308 Å². The molecule has 0 radical (unpaired) electrons. The summed E-state index contributed by atoms with van der Waals surface area (Å²) in [4.78, 5) is 38.4. The molecule has 6 heteroatoms. The molecule has 0 aromatic rings. The van der Waals surface area contributed by atoms with Gasteiger partial charge in [-0.25, -0.2) is 0 Å². The van der Waals surface area contributed by atoms with Crippen molar-refractivity contribution >= 4 is 17.9 Å². The minimum absolute atomic E-state index is 0.0726. The normalized spacial score (nSPS) is 12.2. The first kappa shape index (κ1) is 72.6. The van der Waals surface area contributed by atoms with Crippen molar-refractivity contribution in [3.8, 4) is 0 Å². The van der Waals surface area contributed by atoms with Gasteiger partial charge in [-0.3, -0.25) is 14.4 Å². The van der Waals surface area contributed by atoms with Gasteiger partial charge in [0.25, 0.3) is 0 Å². The van der Waals surface area contributed by atoms with Gasteiger partial charge < -0.3 is 14.2 Å². The smallest absolute Gasteiger partial charge is 0.306 e. The van der Waals surface area contributed by atoms with E-state index >= 15 is 0 Å². The van der Waals surface area contributed by atoms with E-state index in [4.69, 9.17) is 14.2 Å². The number of hydrogen-bond donors (Lipinski definition) is 0. The fourth-order valence-electron chi connectivity index (χ4n) is 10.1. The Morgan fingerprint density at radius 2 is 0.480 bits per heavy atom. The van der Waals surface area contributed by atoms with Crippen LogP contribution >= 0.6 is 0 Å². The minimum atomic E-state index is -0.776. The third kappa shape index (κ3) is 62.4. The molecule has 0 fully saturated rings. The summed E-state index contributed by atoms with van der Waals surface area (Å²) in [6, 6.07) is 0. The summed E-state index contributed by atoms with van der Waals surface area (Å²) >= 11 is 0. The summed E-state index contributed by atoms with van der Waals surface area (Å²) in [7, 11) is 0. The molecule has 0 saturated heterocycles. The Morgan fingerprint density at radius 3 is 0.760 bits per heavy atom. The van der Waals surface area contributed by atoms with E-state index in [9.17, 15) is 14.4 Å². The molecule has 0 heterocycles. The van der Waals surface area contributed by atoms with E-state index in [2.05, 4.69) is 57.2 Å². The van der Waals surface area contributed by atoms with Crippen LogP contribution in [0.2, 0.25) is 0 Å². The molecule has 6 nitrogen and oxygen atoms in total. The molecule has 1 unspecified atom stereocenters. The maximum Gasteiger partial charge on any atom is 0.306 e. The summed E-state index contributed by atoms with van der Waals surface area (Å²) in [6.07, 6.45) is 78.7. The van der Waals surface area contributed by atoms with E-state index in [1.54, 1.807) is 0 Å². The highest BCUT2D eigenvalue weighted by Gasteiger charge is 2.19. The molecule has 0 N–H and O–H groups in total. The molecular weight excluding hydrogens is 925 g/mol. The van der Waals surface area contributed by atoms with Crippen LogP contribution in [0.3, 0.4) is 0 Å². The zero-order valence-electron chi connectivity index (χ0n) is 50.6. The molecule has 0 aliphatic rings. The number of carbonyl (C=O) groups is 3. The second-order valence-electron chi connectivity index (χ2n) is 22.7. The number of esters is 3. The maximum absolute atomic E-state index is 12.9. The SMILES string of the molecule is CCCCCC/C=C\C/C=C\CCCCCCCC(=O)OCC(COC(=O)CCCCCCCCCCCCC/C=C\CCCCCCCCCC)OC(=O)CCCCCCCCCCCCCCCCCCCC. The van der Waals surface area contributed by atoms with Crippen LogP contribution in [0.4, 0.5) is 0 Å². The number of unbranched alkanes of at least 4 members (excludes halogenated alkanes) is 45. The van der Waals surface area contributed by atoms with Gasteiger partial charge in [0, 0.05) is 19.3 Å². The van der Waals surface area contributed by atoms with E-state index < -0.39 is 6.10 Å². The zero-order chi connectivity index (χ0) is 54.3. The Kier molecular flexibility index (Phi) is 62.1. The van der Waals surface area contributed by atoms with E-state index in [1.165, 1.54) is 250 Å². The second kappa shape index (κ2) is 64.2. The van der Waals surface area contributed by atoms with Crippen molar-refractivity contribution in [2.75, 3.05) is 13.2 Å². The van der Waals surface area contributed by atoms with E-state index in [0.717, 1.165) is 77.0 Å². The van der Waals surface area contributed by atoms with Crippen molar-refractivity contribution in [1.82, 2.24) is 0 Å². The lowest BCUT2D eigenvalue weighted by Crippen LogP contribution is -2.30. The zero-order valence-corrected chi connectivity index (χ0v) is 50.6. The fourth-order valence-corrected chi connectivity index (χ4v) is 10.1. The lowest BCUT2D eigenvalue weighted by atomic mass is 10.0. The Bertz CT molecular complexity index is 1250. The van der Waals surface area contributed by atoms with E-state index in [0.29, 0.717) is 19.3 Å². The van der Waals surface area contributed by atoms with Gasteiger partial charge >= 0.3 is 17.9 Å². The highest BCUT2D eigenvalue weighted by Crippen LogP contribution is 2.18. The summed E-state index contributed by atoms with van der Waals surface area (Å²) in [6.45, 7) is 6.68. The fraction of sp³-hybridized carbons (Fsp3) is 0.870. The van der Waals surface area contributed by atoms with Gasteiger partial charge in [0.2, 0.25) is 0 Å². The number of ether oxygens (including phenoxy) is 3. The predicted octanol–water partition coefficient (Wildman–Crippen LogP) is 22.8. The maximum atomic E-state index is 12.9. The highest BCUT2D eigenvalue weighted by atomic mass is 16.6. The first-order valence-corrected chi connectivity index (χ1v) is 33.5. The third-order valence-corrected chi connectivity index (χ3v) is 15.1. The Labute approximate surface area is 467 Å². The molecule has 0 aliphatic heterocycles. The molecule has 0 amide bonds. The van der Waals surface area contributed by atoms with E-state index in [-0.39, 0.29) is 31.1 Å². The van der Waals surface area contributed by atoms with Crippen molar-refractivity contribution in [2.45, 2.75) is 374 Å². The summed E-state index contributed by atoms with van der Waals surface area (Å²) < 4.78 is 17.0. The third-order valence-electron chi connectivity index (χ3n) is 15.1. The number of rotatable bonds is 62. The molecule has 0 aromatic carbocycles. The Morgan fingerprint density at radius 1 is 0.267 bits per heavy atom. The molecule has 0 aromatic heterocycles. The molecular formula is C69H128O6. The minimum Gasteiger partial charge on any atom is -0.462 e. The van der Waals surface area contributed by atoms with Gasteiger partial charge in [0.15, 0.2) is 6.10 Å². The number of carbonyl (C=O) groups excluding carboxylic acids is 3. The van der Waals surface area contributed by atoms with Crippen LogP contribution < -0.4 is 0 Å². The lowest BCUT2D eigenvalue weighted by Gasteiger charge is -2.18. The molecule has 1 atom stereocenters. The van der Waals surface area contributed by atoms with Crippen LogP contribution in [-0.2, 0) is 28.6 Å². The van der Waals surface area contributed by atoms with Crippen LogP contribution in [0.5, 0.6) is 0 Å². The van der Waals surface area contributed by atoms with Crippen molar-refractivity contribution in [3.63, 3.8) is 0 Å². The Balaban J connectivity index is 4.31. The van der Waals surface area contributed by atoms with Crippen LogP contribution in [0.1, 0.15) is 367 Å². The predicted molar refractivity (Wildman–Crippen MR) is 326 cm³/mol. The topological polar surface area (TPSA) is 78.9 Å². The van der Waals surface area contributed by atoms with Crippen LogP contribution in [0, 0.1) is 0 Å². The van der Waals surface area contributed by atoms with E-state index in [1.807, 2.05) is 0 Å². The average molecular weight is 1050 g/mol. The van der Waals surface area contributed by atoms with Gasteiger partial charge in [-0.2, -0.15) is 0 Å². The van der Waals surface area contributed by atoms with Crippen molar-refractivity contribution in [2.24, 2.45) is 0 Å². The van der Waals surface area contributed by atoms with Crippen molar-refractivity contribution in [1.29, 1.82) is 0 Å². The standard InChI is InChI=1S/C69H128O6/c1-4-7-10-13-16-19-22-25-28-31-33-34-35-36-37-39-41-44-47-50-53-56-59-62-68(71)74-65-66(64-73-67(70)61-58-55-52-49-46-43-40-30-27-24-21-18-15-12-9-6-3)75-69(72)63-60-57-54-51-48-45-42-38-32-29-26-23-20-17-14-11-8-5-2/h21,24,30-31,33,40,66H,4-20,22-23,25-29,32,34-39,41-65H2,1-3H3/b24-21-,33-31-,40-30-. The van der Waals surface area contributed by atoms with Gasteiger partial charge in [0.05, 0.1) is 0 Å². The quantitative estimate of drug-likeness (QED) is 0.0261. The highest BCUT2D eigenvalue weighted by molar-refractivity contribution is 5.71. The number of hydrogen-bond acceptors (Lipinski definition) is 6. The number of allylic oxidation sites excluding steroid dienone is 6. The van der Waals surface area contributed by atoms with Crippen molar-refractivity contribution in [3.05, 3.63) is 36.5 Å². The molecule has 0 spiro atoms. The first-order valence-electron chi connectivity index (χ1n) is 33.5. The van der Waals surface area contributed by atoms with Crippen LogP contribution in [0.15, 0.2) is 36.5 Å². The monoisotopic (exact) mass is 1050 g/mol. The van der Waals surface area contributed by atoms with Gasteiger partial charge in [0.1, 0.15) is 13.2 Å². The van der Waals surface area contributed by atoms with Gasteiger partial charge in [-0.15, -0.1) is 0 Å². The summed E-state index contributed by atoms with van der Waals surface area (Å²) in [5.41, 5.74) is 0. The Hall–Kier alpha value is -2.37. The van der Waals surface area contributed by atoms with Gasteiger partial charge in [-0.05, 0) is 77.0 Å². The molecule has 75 heavy (non-hydrogen) atoms. The van der Waals surface area contributed by atoms with Crippen molar-refractivity contribution < 1.29 is 28.6 Å². The largest absolute Gasteiger partial charge is 0.462 e. The van der Waals surface area contributed by atoms with Crippen LogP contribution in [0.25, 0.3) is 0 Å². The summed E-state index contributed by atoms with van der Waals surface area (Å²) in [5, 5.41) is 0. The molecule has 440 valence electrons. The molecule has 0 rings (SSSR count). The molecule has 0 bridgehead atoms. The second-order valence-corrected chi connectivity index (χ2v) is 22.7. The van der Waals surface area contributed by atoms with Crippen LogP contribution in [-0.4, -0.2) is 37.2 Å². The first-order chi connectivity index (χ1) is 37.0.